The second-order valence-electron chi connectivity index (χ2n) is 4.63. The highest BCUT2D eigenvalue weighted by molar-refractivity contribution is 7.11. The van der Waals surface area contributed by atoms with Crippen LogP contribution in [0.25, 0.3) is 0 Å². The number of hydrogen-bond acceptors (Lipinski definition) is 4. The van der Waals surface area contributed by atoms with Gasteiger partial charge in [-0.05, 0) is 27.7 Å². The Balaban J connectivity index is 2.55. The van der Waals surface area contributed by atoms with E-state index in [2.05, 4.69) is 10.3 Å². The van der Waals surface area contributed by atoms with Gasteiger partial charge in [0.25, 0.3) is 0 Å². The second kappa shape index (κ2) is 6.53. The predicted molar refractivity (Wildman–Crippen MR) is 71.7 cm³/mol. The molecule has 0 saturated carbocycles. The molecule has 20 heavy (non-hydrogen) atoms. The number of amides is 1. The Morgan fingerprint density at radius 3 is 2.40 bits per heavy atom. The average molecular weight is 309 g/mol. The fraction of sp³-hybridized carbons (Fsp3) is 0.667. The van der Waals surface area contributed by atoms with Crippen LogP contribution in [-0.4, -0.2) is 29.7 Å². The van der Waals surface area contributed by atoms with E-state index in [0.717, 1.165) is 15.6 Å². The molecule has 2 atom stereocenters. The molecule has 1 aromatic rings. The summed E-state index contributed by atoms with van der Waals surface area (Å²) in [5.41, 5.74) is 0.871. The third kappa shape index (κ3) is 5.09. The Morgan fingerprint density at radius 1 is 1.35 bits per heavy atom. The standard InChI is InChI=1S/C12H18F3N3OS/c1-6(10-7(2)18-9(4)20-10)17-8(3)11(19)16-5-12(13,14)15/h6,8,17H,5H2,1-4H3,(H,16,19). The normalized spacial score (nSPS) is 14.9. The lowest BCUT2D eigenvalue weighted by atomic mass is 10.2. The fourth-order valence-electron chi connectivity index (χ4n) is 1.82. The van der Waals surface area contributed by atoms with Gasteiger partial charge in [-0.1, -0.05) is 0 Å². The highest BCUT2D eigenvalue weighted by Gasteiger charge is 2.29. The number of hydrogen-bond donors (Lipinski definition) is 2. The summed E-state index contributed by atoms with van der Waals surface area (Å²) in [5, 5.41) is 5.75. The molecular formula is C12H18F3N3OS. The van der Waals surface area contributed by atoms with E-state index in [0.29, 0.717) is 0 Å². The summed E-state index contributed by atoms with van der Waals surface area (Å²) in [7, 11) is 0. The smallest absolute Gasteiger partial charge is 0.346 e. The Kier molecular flexibility index (Phi) is 5.52. The van der Waals surface area contributed by atoms with Gasteiger partial charge in [-0.3, -0.25) is 10.1 Å². The monoisotopic (exact) mass is 309 g/mol. The van der Waals surface area contributed by atoms with Crippen molar-refractivity contribution in [1.82, 2.24) is 15.6 Å². The predicted octanol–water partition coefficient (Wildman–Crippen LogP) is 2.48. The molecule has 2 N–H and O–H groups in total. The van der Waals surface area contributed by atoms with Gasteiger partial charge in [0.2, 0.25) is 5.91 Å². The molecule has 0 aliphatic rings. The number of thiazole rings is 1. The number of aryl methyl sites for hydroxylation is 2. The average Bonchev–Trinajstić information content (AvgIpc) is 2.64. The van der Waals surface area contributed by atoms with E-state index in [1.165, 1.54) is 18.3 Å². The number of aromatic nitrogens is 1. The van der Waals surface area contributed by atoms with Crippen molar-refractivity contribution in [2.45, 2.75) is 46.0 Å². The summed E-state index contributed by atoms with van der Waals surface area (Å²) in [6.07, 6.45) is -4.40. The van der Waals surface area contributed by atoms with Crippen LogP contribution in [0, 0.1) is 13.8 Å². The molecule has 0 aliphatic heterocycles. The molecule has 0 aromatic carbocycles. The van der Waals surface area contributed by atoms with Gasteiger partial charge >= 0.3 is 6.18 Å². The van der Waals surface area contributed by atoms with Gasteiger partial charge in [-0.25, -0.2) is 4.98 Å². The zero-order chi connectivity index (χ0) is 15.5. The lowest BCUT2D eigenvalue weighted by Crippen LogP contribution is -2.45. The van der Waals surface area contributed by atoms with Gasteiger partial charge in [-0.15, -0.1) is 11.3 Å². The number of alkyl halides is 3. The van der Waals surface area contributed by atoms with E-state index in [1.54, 1.807) is 0 Å². The largest absolute Gasteiger partial charge is 0.405 e. The number of carbonyl (C=O) groups is 1. The van der Waals surface area contributed by atoms with Gasteiger partial charge in [0.05, 0.1) is 16.7 Å². The topological polar surface area (TPSA) is 54.0 Å². The summed E-state index contributed by atoms with van der Waals surface area (Å²) < 4.78 is 36.1. The summed E-state index contributed by atoms with van der Waals surface area (Å²) in [4.78, 5) is 16.8. The van der Waals surface area contributed by atoms with Gasteiger partial charge in [0.15, 0.2) is 0 Å². The summed E-state index contributed by atoms with van der Waals surface area (Å²) >= 11 is 1.51. The van der Waals surface area contributed by atoms with E-state index in [1.807, 2.05) is 26.1 Å². The number of nitrogens with zero attached hydrogens (tertiary/aromatic N) is 1. The van der Waals surface area contributed by atoms with E-state index in [9.17, 15) is 18.0 Å². The molecule has 0 spiro atoms. The van der Waals surface area contributed by atoms with Gasteiger partial charge in [0.1, 0.15) is 6.54 Å². The number of rotatable bonds is 5. The van der Waals surface area contributed by atoms with E-state index < -0.39 is 24.7 Å². The van der Waals surface area contributed by atoms with Gasteiger partial charge < -0.3 is 5.32 Å². The Labute approximate surface area is 119 Å². The Bertz CT molecular complexity index is 473. The molecule has 0 aliphatic carbocycles. The van der Waals surface area contributed by atoms with Gasteiger partial charge in [0, 0.05) is 10.9 Å². The van der Waals surface area contributed by atoms with Crippen LogP contribution < -0.4 is 10.6 Å². The van der Waals surface area contributed by atoms with Crippen LogP contribution in [0.2, 0.25) is 0 Å². The van der Waals surface area contributed by atoms with Crippen LogP contribution in [0.3, 0.4) is 0 Å². The van der Waals surface area contributed by atoms with Crippen molar-refractivity contribution >= 4 is 17.2 Å². The highest BCUT2D eigenvalue weighted by atomic mass is 32.1. The Morgan fingerprint density at radius 2 is 1.95 bits per heavy atom. The molecule has 2 unspecified atom stereocenters. The molecule has 1 amide bonds. The van der Waals surface area contributed by atoms with Crippen molar-refractivity contribution in [2.75, 3.05) is 6.54 Å². The maximum absolute atomic E-state index is 12.0. The van der Waals surface area contributed by atoms with Crippen LogP contribution in [0.1, 0.15) is 35.5 Å². The maximum Gasteiger partial charge on any atom is 0.405 e. The Hall–Kier alpha value is -1.15. The van der Waals surface area contributed by atoms with Crippen LogP contribution in [0.4, 0.5) is 13.2 Å². The summed E-state index contributed by atoms with van der Waals surface area (Å²) in [6.45, 7) is 5.82. The third-order valence-corrected chi connectivity index (χ3v) is 3.94. The quantitative estimate of drug-likeness (QED) is 0.878. The third-order valence-electron chi connectivity index (χ3n) is 2.69. The molecular weight excluding hydrogens is 291 g/mol. The number of halogens is 3. The lowest BCUT2D eigenvalue weighted by Gasteiger charge is -2.19. The first-order valence-corrected chi connectivity index (χ1v) is 6.96. The van der Waals surface area contributed by atoms with Crippen molar-refractivity contribution in [1.29, 1.82) is 0 Å². The molecule has 1 aromatic heterocycles. The number of carbonyl (C=O) groups excluding carboxylic acids is 1. The SMILES string of the molecule is Cc1nc(C)c(C(C)NC(C)C(=O)NCC(F)(F)F)s1. The molecule has 1 rings (SSSR count). The maximum atomic E-state index is 12.0. The minimum Gasteiger partial charge on any atom is -0.346 e. The first-order valence-electron chi connectivity index (χ1n) is 6.14. The molecule has 0 radical (unpaired) electrons. The van der Waals surface area contributed by atoms with Crippen LogP contribution in [0.15, 0.2) is 0 Å². The molecule has 0 saturated heterocycles. The minimum absolute atomic E-state index is 0.146. The molecule has 0 bridgehead atoms. The van der Waals surface area contributed by atoms with Crippen LogP contribution in [-0.2, 0) is 4.79 Å². The summed E-state index contributed by atoms with van der Waals surface area (Å²) in [5.74, 6) is -0.673. The first-order chi connectivity index (χ1) is 9.10. The minimum atomic E-state index is -4.40. The van der Waals surface area contributed by atoms with E-state index >= 15 is 0 Å². The molecule has 0 fully saturated rings. The second-order valence-corrected chi connectivity index (χ2v) is 5.86. The lowest BCUT2D eigenvalue weighted by molar-refractivity contribution is -0.139. The van der Waals surface area contributed by atoms with E-state index in [-0.39, 0.29) is 6.04 Å². The van der Waals surface area contributed by atoms with Crippen LogP contribution >= 0.6 is 11.3 Å². The molecule has 114 valence electrons. The van der Waals surface area contributed by atoms with Crippen molar-refractivity contribution in [3.63, 3.8) is 0 Å². The molecule has 4 nitrogen and oxygen atoms in total. The molecule has 8 heteroatoms. The van der Waals surface area contributed by atoms with Crippen molar-refractivity contribution in [3.05, 3.63) is 15.6 Å². The zero-order valence-electron chi connectivity index (χ0n) is 11.8. The fourth-order valence-corrected chi connectivity index (χ4v) is 2.75. The van der Waals surface area contributed by atoms with Crippen molar-refractivity contribution in [2.24, 2.45) is 0 Å². The van der Waals surface area contributed by atoms with Gasteiger partial charge in [-0.2, -0.15) is 13.2 Å². The zero-order valence-corrected chi connectivity index (χ0v) is 12.6. The molecule has 1 heterocycles. The highest BCUT2D eigenvalue weighted by Crippen LogP contribution is 2.24. The van der Waals surface area contributed by atoms with Crippen molar-refractivity contribution in [3.8, 4) is 0 Å². The first kappa shape index (κ1) is 16.9. The van der Waals surface area contributed by atoms with Crippen molar-refractivity contribution < 1.29 is 18.0 Å². The summed E-state index contributed by atoms with van der Waals surface area (Å²) in [6, 6.07) is -0.859. The van der Waals surface area contributed by atoms with Crippen LogP contribution in [0.5, 0.6) is 0 Å². The number of nitrogens with one attached hydrogen (secondary N) is 2. The van der Waals surface area contributed by atoms with E-state index in [4.69, 9.17) is 0 Å².